The highest BCUT2D eigenvalue weighted by molar-refractivity contribution is 6.40. The maximum atomic E-state index is 11.8. The normalized spacial score (nSPS) is 10.2. The van der Waals surface area contributed by atoms with E-state index >= 15 is 0 Å². The molecule has 0 spiro atoms. The van der Waals surface area contributed by atoms with Crippen LogP contribution in [0.25, 0.3) is 0 Å². The van der Waals surface area contributed by atoms with Gasteiger partial charge in [-0.25, -0.2) is 4.79 Å². The molecule has 23 heavy (non-hydrogen) atoms. The minimum Gasteiger partial charge on any atom is -0.482 e. The number of nitro benzene ring substituents is 1. The molecule has 2 aromatic carbocycles. The first-order valence-electron chi connectivity index (χ1n) is 6.09. The Morgan fingerprint density at radius 1 is 1.13 bits per heavy atom. The van der Waals surface area contributed by atoms with Gasteiger partial charge in [0.2, 0.25) is 0 Å². The third kappa shape index (κ3) is 4.72. The number of nitrogens with zero attached hydrogens (tertiary/aromatic N) is 1. The fourth-order valence-electron chi connectivity index (χ4n) is 1.60. The van der Waals surface area contributed by atoms with Crippen molar-refractivity contribution in [3.8, 4) is 11.5 Å². The van der Waals surface area contributed by atoms with Gasteiger partial charge in [-0.2, -0.15) is 0 Å². The van der Waals surface area contributed by atoms with Crippen LogP contribution in [-0.4, -0.2) is 17.5 Å². The Labute approximate surface area is 145 Å². The van der Waals surface area contributed by atoms with E-state index in [1.165, 1.54) is 36.4 Å². The van der Waals surface area contributed by atoms with E-state index in [0.29, 0.717) is 5.02 Å². The van der Waals surface area contributed by atoms with E-state index in [4.69, 9.17) is 44.3 Å². The average Bonchev–Trinajstić information content (AvgIpc) is 2.49. The van der Waals surface area contributed by atoms with Crippen LogP contribution >= 0.6 is 34.8 Å². The van der Waals surface area contributed by atoms with Crippen LogP contribution in [0.4, 0.5) is 5.69 Å². The number of halogens is 3. The molecule has 2 rings (SSSR count). The summed E-state index contributed by atoms with van der Waals surface area (Å²) >= 11 is 17.5. The van der Waals surface area contributed by atoms with Gasteiger partial charge in [0, 0.05) is 11.1 Å². The number of nitro groups is 1. The number of rotatable bonds is 5. The van der Waals surface area contributed by atoms with Crippen LogP contribution in [0.15, 0.2) is 36.4 Å². The lowest BCUT2D eigenvalue weighted by atomic mass is 10.3. The highest BCUT2D eigenvalue weighted by Gasteiger charge is 2.15. The summed E-state index contributed by atoms with van der Waals surface area (Å²) in [7, 11) is 0. The van der Waals surface area contributed by atoms with Crippen LogP contribution in [0.2, 0.25) is 15.1 Å². The second kappa shape index (κ2) is 7.50. The number of esters is 1. The first kappa shape index (κ1) is 17.3. The molecule has 0 bridgehead atoms. The van der Waals surface area contributed by atoms with Crippen molar-refractivity contribution in [2.75, 3.05) is 6.61 Å². The van der Waals surface area contributed by atoms with Gasteiger partial charge in [0.05, 0.1) is 21.0 Å². The molecule has 0 aliphatic rings. The molecule has 0 heterocycles. The second-order valence-corrected chi connectivity index (χ2v) is 5.47. The van der Waals surface area contributed by atoms with E-state index in [-0.39, 0.29) is 27.2 Å². The van der Waals surface area contributed by atoms with Crippen molar-refractivity contribution in [3.05, 3.63) is 61.6 Å². The fourth-order valence-corrected chi connectivity index (χ4v) is 2.49. The summed E-state index contributed by atoms with van der Waals surface area (Å²) in [6.07, 6.45) is 0. The Morgan fingerprint density at radius 2 is 1.78 bits per heavy atom. The van der Waals surface area contributed by atoms with E-state index < -0.39 is 17.5 Å². The molecule has 6 nitrogen and oxygen atoms in total. The molecule has 9 heteroatoms. The Hall–Kier alpha value is -2.02. The molecule has 0 radical (unpaired) electrons. The number of carbonyl (C=O) groups excluding carboxylic acids is 1. The molecule has 2 aromatic rings. The van der Waals surface area contributed by atoms with E-state index in [2.05, 4.69) is 0 Å². The lowest BCUT2D eigenvalue weighted by Gasteiger charge is -2.09. The molecule has 0 N–H and O–H groups in total. The molecule has 0 atom stereocenters. The maximum Gasteiger partial charge on any atom is 0.349 e. The van der Waals surface area contributed by atoms with Crippen molar-refractivity contribution in [2.45, 2.75) is 0 Å². The monoisotopic (exact) mass is 375 g/mol. The van der Waals surface area contributed by atoms with Crippen LogP contribution in [0.3, 0.4) is 0 Å². The molecule has 0 saturated carbocycles. The fraction of sp³-hybridized carbons (Fsp3) is 0.0714. The minimum atomic E-state index is -0.775. The topological polar surface area (TPSA) is 78.7 Å². The molecule has 120 valence electrons. The van der Waals surface area contributed by atoms with Gasteiger partial charge in [-0.15, -0.1) is 0 Å². The van der Waals surface area contributed by atoms with Gasteiger partial charge in [0.15, 0.2) is 12.4 Å². The van der Waals surface area contributed by atoms with E-state index in [1.807, 2.05) is 0 Å². The van der Waals surface area contributed by atoms with Gasteiger partial charge < -0.3 is 9.47 Å². The first-order valence-corrected chi connectivity index (χ1v) is 7.22. The Kier molecular flexibility index (Phi) is 5.65. The lowest BCUT2D eigenvalue weighted by molar-refractivity contribution is -0.384. The highest BCUT2D eigenvalue weighted by Crippen LogP contribution is 2.35. The second-order valence-electron chi connectivity index (χ2n) is 4.22. The van der Waals surface area contributed by atoms with Crippen molar-refractivity contribution in [3.63, 3.8) is 0 Å². The molecule has 0 fully saturated rings. The lowest BCUT2D eigenvalue weighted by Crippen LogP contribution is -2.18. The summed E-state index contributed by atoms with van der Waals surface area (Å²) in [5.41, 5.74) is -0.153. The van der Waals surface area contributed by atoms with Gasteiger partial charge in [-0.05, 0) is 18.2 Å². The minimum absolute atomic E-state index is 0.0367. The zero-order chi connectivity index (χ0) is 17.0. The summed E-state index contributed by atoms with van der Waals surface area (Å²) in [5.74, 6) is -0.655. The van der Waals surface area contributed by atoms with Crippen molar-refractivity contribution in [1.29, 1.82) is 0 Å². The maximum absolute atomic E-state index is 11.8. The van der Waals surface area contributed by atoms with Crippen molar-refractivity contribution in [1.82, 2.24) is 0 Å². The third-order valence-corrected chi connectivity index (χ3v) is 3.34. The van der Waals surface area contributed by atoms with E-state index in [0.717, 1.165) is 0 Å². The molecule has 0 aromatic heterocycles. The molecule has 0 aliphatic heterocycles. The van der Waals surface area contributed by atoms with Crippen LogP contribution in [0, 0.1) is 10.1 Å². The Bertz CT molecular complexity index is 743. The first-order chi connectivity index (χ1) is 10.9. The van der Waals surface area contributed by atoms with E-state index in [9.17, 15) is 14.9 Å². The predicted octanol–water partition coefficient (Wildman–Crippen LogP) is 4.54. The number of carbonyl (C=O) groups is 1. The van der Waals surface area contributed by atoms with Gasteiger partial charge >= 0.3 is 5.97 Å². The van der Waals surface area contributed by atoms with Gasteiger partial charge in [-0.1, -0.05) is 40.9 Å². The number of ether oxygens (including phenoxy) is 2. The third-order valence-electron chi connectivity index (χ3n) is 2.56. The average molecular weight is 377 g/mol. The van der Waals surface area contributed by atoms with Crippen molar-refractivity contribution >= 4 is 46.5 Å². The number of benzene rings is 2. The molecular formula is C14H8Cl3NO5. The summed E-state index contributed by atoms with van der Waals surface area (Å²) in [6.45, 7) is -0.476. The number of hydrogen-bond donors (Lipinski definition) is 0. The largest absolute Gasteiger partial charge is 0.482 e. The number of hydrogen-bond acceptors (Lipinski definition) is 5. The van der Waals surface area contributed by atoms with Crippen LogP contribution < -0.4 is 9.47 Å². The van der Waals surface area contributed by atoms with Crippen LogP contribution in [0.1, 0.15) is 0 Å². The summed E-state index contributed by atoms with van der Waals surface area (Å²) in [4.78, 5) is 21.8. The number of non-ortho nitro benzene ring substituents is 1. The Balaban J connectivity index is 2.01. The summed E-state index contributed by atoms with van der Waals surface area (Å²) in [6, 6.07) is 8.15. The molecule has 0 unspecified atom stereocenters. The molecule has 0 aliphatic carbocycles. The van der Waals surface area contributed by atoms with Crippen molar-refractivity contribution < 1.29 is 19.2 Å². The smallest absolute Gasteiger partial charge is 0.349 e. The molecule has 0 saturated heterocycles. The Morgan fingerprint density at radius 3 is 2.39 bits per heavy atom. The molecular weight excluding hydrogens is 369 g/mol. The molecule has 0 amide bonds. The standard InChI is InChI=1S/C14H8Cl3NO5/c15-8-4-11(16)14(12(17)5-8)23-13(19)7-22-10-3-1-2-9(6-10)18(20)21/h1-6H,7H2. The zero-order valence-corrected chi connectivity index (χ0v) is 13.6. The van der Waals surface area contributed by atoms with Crippen molar-refractivity contribution in [2.24, 2.45) is 0 Å². The predicted molar refractivity (Wildman–Crippen MR) is 85.7 cm³/mol. The quantitative estimate of drug-likeness (QED) is 0.331. The van der Waals surface area contributed by atoms with Gasteiger partial charge in [0.25, 0.3) is 5.69 Å². The van der Waals surface area contributed by atoms with Gasteiger partial charge in [0.1, 0.15) is 5.75 Å². The van der Waals surface area contributed by atoms with Crippen LogP contribution in [0.5, 0.6) is 11.5 Å². The summed E-state index contributed by atoms with van der Waals surface area (Å²) in [5, 5.41) is 11.1. The highest BCUT2D eigenvalue weighted by atomic mass is 35.5. The van der Waals surface area contributed by atoms with Crippen LogP contribution in [-0.2, 0) is 4.79 Å². The summed E-state index contributed by atoms with van der Waals surface area (Å²) < 4.78 is 10.2. The van der Waals surface area contributed by atoms with Gasteiger partial charge in [-0.3, -0.25) is 10.1 Å². The zero-order valence-electron chi connectivity index (χ0n) is 11.3. The SMILES string of the molecule is O=C(COc1cccc([N+](=O)[O-])c1)Oc1c(Cl)cc(Cl)cc1Cl. The van der Waals surface area contributed by atoms with E-state index in [1.54, 1.807) is 0 Å².